The summed E-state index contributed by atoms with van der Waals surface area (Å²) >= 11 is 0. The fourth-order valence-electron chi connectivity index (χ4n) is 8.57. The topological polar surface area (TPSA) is 119 Å². The highest BCUT2D eigenvalue weighted by atomic mass is 16.7. The van der Waals surface area contributed by atoms with Gasteiger partial charge in [-0.25, -0.2) is 4.79 Å². The van der Waals surface area contributed by atoms with Crippen LogP contribution in [0.25, 0.3) is 0 Å². The van der Waals surface area contributed by atoms with Crippen LogP contribution < -0.4 is 0 Å². The highest BCUT2D eigenvalue weighted by molar-refractivity contribution is 5.90. The highest BCUT2D eigenvalue weighted by Gasteiger charge is 2.38. The van der Waals surface area contributed by atoms with Crippen molar-refractivity contribution < 1.29 is 56.9 Å². The Labute approximate surface area is 346 Å². The van der Waals surface area contributed by atoms with E-state index in [1.807, 2.05) is 13.0 Å². The Kier molecular flexibility index (Phi) is 27.9. The molecule has 0 spiro atoms. The Morgan fingerprint density at radius 3 is 1.81 bits per heavy atom. The van der Waals surface area contributed by atoms with Gasteiger partial charge < -0.3 is 52.1 Å². The number of carbonyl (C=O) groups is 1. The van der Waals surface area contributed by atoms with Gasteiger partial charge in [-0.15, -0.1) is 0 Å². The van der Waals surface area contributed by atoms with E-state index in [4.69, 9.17) is 52.1 Å². The summed E-state index contributed by atoms with van der Waals surface area (Å²) in [7, 11) is 6.63. The Morgan fingerprint density at radius 2 is 1.19 bits per heavy atom. The molecule has 0 aromatic carbocycles. The van der Waals surface area contributed by atoms with Crippen molar-refractivity contribution in [3.8, 4) is 0 Å². The van der Waals surface area contributed by atoms with Gasteiger partial charge in [-0.1, -0.05) is 90.4 Å². The Morgan fingerprint density at radius 1 is 0.632 bits per heavy atom. The Bertz CT molecular complexity index is 1030. The van der Waals surface area contributed by atoms with Gasteiger partial charge in [0.1, 0.15) is 33.3 Å². The van der Waals surface area contributed by atoms with E-state index in [0.717, 1.165) is 83.5 Å². The summed E-state index contributed by atoms with van der Waals surface area (Å²) in [5.41, 5.74) is 0.714. The lowest BCUT2D eigenvalue weighted by Gasteiger charge is -2.40. The van der Waals surface area contributed by atoms with Gasteiger partial charge in [-0.3, -0.25) is 0 Å². The summed E-state index contributed by atoms with van der Waals surface area (Å²) < 4.78 is 64.4. The van der Waals surface area contributed by atoms with Crippen LogP contribution in [-0.4, -0.2) is 117 Å². The first-order valence-corrected chi connectivity index (χ1v) is 22.6. The van der Waals surface area contributed by atoms with Crippen molar-refractivity contribution in [1.82, 2.24) is 0 Å². The molecule has 0 saturated carbocycles. The van der Waals surface area contributed by atoms with E-state index in [1.165, 1.54) is 57.8 Å². The fourth-order valence-corrected chi connectivity index (χ4v) is 8.57. The number of hydrogen-bond acceptors (Lipinski definition) is 12. The zero-order valence-corrected chi connectivity index (χ0v) is 36.8. The van der Waals surface area contributed by atoms with Gasteiger partial charge in [0.05, 0.1) is 48.8 Å². The van der Waals surface area contributed by atoms with Gasteiger partial charge >= 0.3 is 5.97 Å². The zero-order valence-electron chi connectivity index (χ0n) is 36.8. The normalized spacial score (nSPS) is 25.4. The first-order chi connectivity index (χ1) is 27.9. The van der Waals surface area contributed by atoms with E-state index < -0.39 is 0 Å². The van der Waals surface area contributed by atoms with Crippen molar-refractivity contribution in [3.63, 3.8) is 0 Å². The van der Waals surface area contributed by atoms with E-state index in [1.54, 1.807) is 28.4 Å². The van der Waals surface area contributed by atoms with Gasteiger partial charge in [0.25, 0.3) is 0 Å². The summed E-state index contributed by atoms with van der Waals surface area (Å²) in [6.45, 7) is 5.11. The average Bonchev–Trinajstić information content (AvgIpc) is 3.82. The minimum Gasteiger partial charge on any atom is -0.455 e. The number of methoxy groups -OCH3 is 4. The van der Waals surface area contributed by atoms with Gasteiger partial charge in [-0.05, 0) is 70.8 Å². The maximum atomic E-state index is 12.1. The number of esters is 1. The van der Waals surface area contributed by atoms with E-state index >= 15 is 0 Å². The van der Waals surface area contributed by atoms with Crippen LogP contribution in [0.2, 0.25) is 0 Å². The minimum absolute atomic E-state index is 0.0184. The third kappa shape index (κ3) is 20.8. The van der Waals surface area contributed by atoms with Crippen LogP contribution in [0.5, 0.6) is 0 Å². The molecule has 0 aromatic rings. The number of cyclic esters (lactones) is 1. The molecule has 57 heavy (non-hydrogen) atoms. The molecule has 3 aliphatic heterocycles. The third-order valence-electron chi connectivity index (χ3n) is 11.7. The molecule has 0 unspecified atom stereocenters. The van der Waals surface area contributed by atoms with Crippen molar-refractivity contribution in [2.45, 2.75) is 216 Å². The van der Waals surface area contributed by atoms with Crippen LogP contribution >= 0.6 is 0 Å². The lowest BCUT2D eigenvalue weighted by Crippen LogP contribution is -2.46. The SMILES string of the molecule is CCCCCCCCCC[C@@H]1O[C@H]([C@H](CC[C@H](OCOC)[C@@H]2CC[C@@H](CCCCCCC[C@H](CC3=C[C@H](C)OC3=O)OCOC)O2)OCOC)CC[C@H]1OCOC. The van der Waals surface area contributed by atoms with E-state index in [-0.39, 0.29) is 88.1 Å². The van der Waals surface area contributed by atoms with E-state index in [0.29, 0.717) is 12.0 Å². The fraction of sp³-hybridized carbons (Fsp3) is 0.933. The van der Waals surface area contributed by atoms with Crippen LogP contribution in [0, 0.1) is 0 Å². The molecule has 0 amide bonds. The summed E-state index contributed by atoms with van der Waals surface area (Å²) in [6.07, 6.45) is 26.6. The highest BCUT2D eigenvalue weighted by Crippen LogP contribution is 2.33. The van der Waals surface area contributed by atoms with Crippen LogP contribution in [0.15, 0.2) is 11.6 Å². The average molecular weight is 815 g/mol. The molecule has 2 fully saturated rings. The molecule has 12 nitrogen and oxygen atoms in total. The summed E-state index contributed by atoms with van der Waals surface area (Å²) in [6, 6.07) is 0. The zero-order chi connectivity index (χ0) is 40.9. The van der Waals surface area contributed by atoms with Crippen LogP contribution in [-0.2, 0) is 56.9 Å². The predicted octanol–water partition coefficient (Wildman–Crippen LogP) is 9.34. The standard InChI is InChI=1S/C45H82O12/c1-7-8-9-10-11-12-16-19-22-42-39(52-32-48-4)27-28-44(57-42)41(54-34-50-6)26-25-40(53-33-49-5)43-24-23-37(56-43)20-17-14-13-15-18-21-38(51-31-47-3)30-36-29-35(2)55-45(36)46/h29,35,37-44H,7-28,30-34H2,1-6H3/t35-,37+,38+,39+,40-,41-,42-,43-,44-/m0/s1. The van der Waals surface area contributed by atoms with Crippen molar-refractivity contribution in [3.05, 3.63) is 11.6 Å². The number of hydrogen-bond donors (Lipinski definition) is 0. The Hall–Kier alpha value is -1.19. The summed E-state index contributed by atoms with van der Waals surface area (Å²) in [4.78, 5) is 12.1. The maximum absolute atomic E-state index is 12.1. The second-order valence-corrected chi connectivity index (χ2v) is 16.4. The molecule has 334 valence electrons. The molecule has 12 heteroatoms. The molecule has 0 aromatic heterocycles. The molecular formula is C45H82O12. The molecule has 0 radical (unpaired) electrons. The minimum atomic E-state index is -0.225. The first kappa shape index (κ1) is 50.2. The largest absolute Gasteiger partial charge is 0.455 e. The van der Waals surface area contributed by atoms with Crippen molar-refractivity contribution in [1.29, 1.82) is 0 Å². The number of ether oxygens (including phenoxy) is 11. The second-order valence-electron chi connectivity index (χ2n) is 16.4. The van der Waals surface area contributed by atoms with Crippen LogP contribution in [0.1, 0.15) is 162 Å². The van der Waals surface area contributed by atoms with Gasteiger partial charge in [-0.2, -0.15) is 0 Å². The monoisotopic (exact) mass is 815 g/mol. The lowest BCUT2D eigenvalue weighted by atomic mass is 9.92. The molecule has 0 N–H and O–H groups in total. The van der Waals surface area contributed by atoms with Crippen molar-refractivity contribution in [2.24, 2.45) is 0 Å². The van der Waals surface area contributed by atoms with Gasteiger partial charge in [0, 0.05) is 40.4 Å². The molecule has 2 saturated heterocycles. The van der Waals surface area contributed by atoms with Gasteiger partial charge in [0.15, 0.2) is 0 Å². The first-order valence-electron chi connectivity index (χ1n) is 22.6. The quantitative estimate of drug-likeness (QED) is 0.0341. The molecule has 3 rings (SSSR count). The molecule has 0 bridgehead atoms. The number of unbranched alkanes of at least 4 members (excludes halogenated alkanes) is 11. The van der Waals surface area contributed by atoms with Gasteiger partial charge in [0.2, 0.25) is 0 Å². The van der Waals surface area contributed by atoms with Crippen molar-refractivity contribution in [2.75, 3.05) is 55.6 Å². The number of rotatable bonds is 36. The lowest BCUT2D eigenvalue weighted by molar-refractivity contribution is -0.211. The molecule has 0 aliphatic carbocycles. The molecule has 9 atom stereocenters. The van der Waals surface area contributed by atoms with Crippen molar-refractivity contribution >= 4 is 5.97 Å². The smallest absolute Gasteiger partial charge is 0.334 e. The second kappa shape index (κ2) is 31.7. The summed E-state index contributed by atoms with van der Waals surface area (Å²) in [5, 5.41) is 0. The molecular weight excluding hydrogens is 732 g/mol. The van der Waals surface area contributed by atoms with Crippen LogP contribution in [0.4, 0.5) is 0 Å². The number of carbonyl (C=O) groups excluding carboxylic acids is 1. The molecule has 3 heterocycles. The predicted molar refractivity (Wildman–Crippen MR) is 220 cm³/mol. The van der Waals surface area contributed by atoms with E-state index in [2.05, 4.69) is 6.92 Å². The Balaban J connectivity index is 1.42. The molecule has 3 aliphatic rings. The third-order valence-corrected chi connectivity index (χ3v) is 11.7. The maximum Gasteiger partial charge on any atom is 0.334 e. The van der Waals surface area contributed by atoms with Crippen LogP contribution in [0.3, 0.4) is 0 Å². The van der Waals surface area contributed by atoms with E-state index in [9.17, 15) is 4.79 Å². The summed E-state index contributed by atoms with van der Waals surface area (Å²) in [5.74, 6) is -0.225.